The Labute approximate surface area is 75.2 Å². The van der Waals surface area contributed by atoms with Gasteiger partial charge in [-0.05, 0) is 43.1 Å². The number of unbranched alkanes of at least 4 members (excludes halogenated alkanes) is 1. The van der Waals surface area contributed by atoms with E-state index >= 15 is 0 Å². The predicted octanol–water partition coefficient (Wildman–Crippen LogP) is 3.22. The molecule has 0 saturated heterocycles. The number of rotatable bonds is 4. The van der Waals surface area contributed by atoms with Gasteiger partial charge in [0.2, 0.25) is 0 Å². The third kappa shape index (κ3) is 2.05. The smallest absolute Gasteiger partial charge is 0.160 e. The van der Waals surface area contributed by atoms with Crippen molar-refractivity contribution in [1.82, 2.24) is 0 Å². The van der Waals surface area contributed by atoms with E-state index in [-0.39, 0.29) is 5.16 Å². The van der Waals surface area contributed by atoms with Crippen LogP contribution < -0.4 is 0 Å². The molecule has 2 nitrogen and oxygen atoms in total. The van der Waals surface area contributed by atoms with Gasteiger partial charge in [-0.1, -0.05) is 13.3 Å². The zero-order valence-electron chi connectivity index (χ0n) is 7.75. The highest BCUT2D eigenvalue weighted by Gasteiger charge is 2.50. The first-order valence-electron chi connectivity index (χ1n) is 4.87. The van der Waals surface area contributed by atoms with Gasteiger partial charge < -0.3 is 0 Å². The molecule has 12 heavy (non-hydrogen) atoms. The second-order valence-corrected chi connectivity index (χ2v) is 5.30. The lowest BCUT2D eigenvalue weighted by Gasteiger charge is -2.13. The molecular weight excluding hydrogens is 171 g/mol. The van der Waals surface area contributed by atoms with E-state index in [1.54, 1.807) is 0 Å². The second-order valence-electron chi connectivity index (χ2n) is 3.81. The molecule has 1 aliphatic rings. The van der Waals surface area contributed by atoms with Gasteiger partial charge in [-0.3, -0.25) is 0 Å². The summed E-state index contributed by atoms with van der Waals surface area (Å²) in [5.41, 5.74) is 0. The summed E-state index contributed by atoms with van der Waals surface area (Å²) >= 11 is 0. The molecule has 0 spiro atoms. The lowest BCUT2D eigenvalue weighted by atomic mass is 10.00. The third-order valence-electron chi connectivity index (χ3n) is 2.94. The quantitative estimate of drug-likeness (QED) is 0.689. The molecule has 0 radical (unpaired) electrons. The fourth-order valence-electron chi connectivity index (χ4n) is 2.08. The Kier molecular flexibility index (Phi) is 3.67. The normalized spacial score (nSPS) is 22.7. The van der Waals surface area contributed by atoms with Crippen LogP contribution in [0.5, 0.6) is 0 Å². The van der Waals surface area contributed by atoms with Gasteiger partial charge in [-0.25, -0.2) is 0 Å². The summed E-state index contributed by atoms with van der Waals surface area (Å²) in [6, 6.07) is 0. The molecule has 1 atom stereocenters. The van der Waals surface area contributed by atoms with Crippen molar-refractivity contribution < 1.29 is 9.46 Å². The van der Waals surface area contributed by atoms with Crippen LogP contribution in [0.15, 0.2) is 0 Å². The Morgan fingerprint density at radius 2 is 2.00 bits per heavy atom. The molecule has 0 aliphatic heterocycles. The summed E-state index contributed by atoms with van der Waals surface area (Å²) in [4.78, 5) is 9.24. The van der Waals surface area contributed by atoms with Crippen LogP contribution in [0, 0.1) is 0 Å². The molecule has 0 aromatic carbocycles. The van der Waals surface area contributed by atoms with Gasteiger partial charge in [0.25, 0.3) is 0 Å². The Hall–Kier alpha value is 0.0600. The number of hydrogen-bond donors (Lipinski definition) is 1. The van der Waals surface area contributed by atoms with Crippen LogP contribution in [0.2, 0.25) is 0 Å². The first kappa shape index (κ1) is 10.1. The maximum atomic E-state index is 11.2. The molecule has 0 amide bonds. The molecule has 3 heteroatoms. The van der Waals surface area contributed by atoms with E-state index in [1.807, 2.05) is 0 Å². The van der Waals surface area contributed by atoms with E-state index in [0.29, 0.717) is 0 Å². The Balaban J connectivity index is 2.53. The fourth-order valence-corrected chi connectivity index (χ4v) is 3.12. The average Bonchev–Trinajstić information content (AvgIpc) is 2.50. The van der Waals surface area contributed by atoms with Crippen molar-refractivity contribution in [3.05, 3.63) is 0 Å². The fraction of sp³-hybridized carbons (Fsp3) is 1.00. The van der Waals surface area contributed by atoms with E-state index in [0.717, 1.165) is 44.9 Å². The molecule has 0 aromatic rings. The molecule has 1 unspecified atom stereocenters. The Morgan fingerprint density at radius 3 is 2.42 bits per heavy atom. The van der Waals surface area contributed by atoms with Gasteiger partial charge in [-0.2, -0.15) is 4.89 Å². The molecule has 1 rings (SSSR count). The van der Waals surface area contributed by atoms with Crippen molar-refractivity contribution in [2.45, 2.75) is 57.0 Å². The zero-order valence-corrected chi connectivity index (χ0v) is 8.65. The third-order valence-corrected chi connectivity index (χ3v) is 4.42. The van der Waals surface area contributed by atoms with Crippen LogP contribution in [0.3, 0.4) is 0 Å². The maximum absolute atomic E-state index is 11.2. The van der Waals surface area contributed by atoms with Gasteiger partial charge in [0, 0.05) is 0 Å². The van der Waals surface area contributed by atoms with Crippen molar-refractivity contribution >= 4 is 8.03 Å². The Bertz CT molecular complexity index is 162. The van der Waals surface area contributed by atoms with Gasteiger partial charge in [-0.15, -0.1) is 0 Å². The zero-order chi connectivity index (χ0) is 9.03. The second kappa shape index (κ2) is 4.34. The van der Waals surface area contributed by atoms with E-state index in [4.69, 9.17) is 0 Å². The molecule has 0 bridgehead atoms. The molecule has 70 valence electrons. The molecule has 1 fully saturated rings. The van der Waals surface area contributed by atoms with Gasteiger partial charge in [0.1, 0.15) is 0 Å². The minimum atomic E-state index is -1.95. The SMILES string of the molecule is CCCCC1([P+](=O)O)CCCC1. The van der Waals surface area contributed by atoms with Gasteiger partial charge >= 0.3 is 8.03 Å². The largest absolute Gasteiger partial charge is 0.511 e. The first-order chi connectivity index (χ1) is 5.71. The lowest BCUT2D eigenvalue weighted by Crippen LogP contribution is -2.19. The van der Waals surface area contributed by atoms with E-state index < -0.39 is 8.03 Å². The predicted molar refractivity (Wildman–Crippen MR) is 50.5 cm³/mol. The molecule has 0 heterocycles. The van der Waals surface area contributed by atoms with Crippen molar-refractivity contribution in [1.29, 1.82) is 0 Å². The van der Waals surface area contributed by atoms with Crippen LogP contribution in [0.4, 0.5) is 0 Å². The van der Waals surface area contributed by atoms with Crippen molar-refractivity contribution in [2.24, 2.45) is 0 Å². The van der Waals surface area contributed by atoms with Crippen molar-refractivity contribution in [3.8, 4) is 0 Å². The summed E-state index contributed by atoms with van der Waals surface area (Å²) in [6.07, 6.45) is 7.41. The topological polar surface area (TPSA) is 37.3 Å². The monoisotopic (exact) mass is 189 g/mol. The van der Waals surface area contributed by atoms with Crippen LogP contribution in [0.25, 0.3) is 0 Å². The Morgan fingerprint density at radius 1 is 1.42 bits per heavy atom. The summed E-state index contributed by atoms with van der Waals surface area (Å²) < 4.78 is 11.2. The van der Waals surface area contributed by atoms with Crippen LogP contribution in [-0.4, -0.2) is 10.0 Å². The summed E-state index contributed by atoms with van der Waals surface area (Å²) in [5, 5.41) is -0.189. The molecule has 1 saturated carbocycles. The number of hydrogen-bond acceptors (Lipinski definition) is 1. The van der Waals surface area contributed by atoms with Crippen LogP contribution in [-0.2, 0) is 4.57 Å². The molecule has 0 aromatic heterocycles. The van der Waals surface area contributed by atoms with Gasteiger partial charge in [0.15, 0.2) is 5.16 Å². The highest BCUT2D eigenvalue weighted by molar-refractivity contribution is 7.40. The van der Waals surface area contributed by atoms with Crippen molar-refractivity contribution in [2.75, 3.05) is 0 Å². The van der Waals surface area contributed by atoms with Crippen LogP contribution >= 0.6 is 8.03 Å². The first-order valence-corrected chi connectivity index (χ1v) is 6.09. The minimum absolute atomic E-state index is 0.189. The average molecular weight is 189 g/mol. The van der Waals surface area contributed by atoms with E-state index in [9.17, 15) is 9.46 Å². The summed E-state index contributed by atoms with van der Waals surface area (Å²) in [6.45, 7) is 2.13. The maximum Gasteiger partial charge on any atom is 0.511 e. The highest BCUT2D eigenvalue weighted by atomic mass is 31.1. The summed E-state index contributed by atoms with van der Waals surface area (Å²) in [7, 11) is -1.95. The molecule has 1 N–H and O–H groups in total. The van der Waals surface area contributed by atoms with Crippen LogP contribution in [0.1, 0.15) is 51.9 Å². The molecule has 1 aliphatic carbocycles. The van der Waals surface area contributed by atoms with Gasteiger partial charge in [0.05, 0.1) is 0 Å². The van der Waals surface area contributed by atoms with E-state index in [2.05, 4.69) is 6.92 Å². The minimum Gasteiger partial charge on any atom is -0.160 e. The standard InChI is InChI=1S/C9H17O2P/c1-2-3-6-9(12(10)11)7-4-5-8-9/h2-8H2,1H3/p+1. The van der Waals surface area contributed by atoms with E-state index in [1.165, 1.54) is 0 Å². The summed E-state index contributed by atoms with van der Waals surface area (Å²) in [5.74, 6) is 0. The van der Waals surface area contributed by atoms with Crippen molar-refractivity contribution in [3.63, 3.8) is 0 Å². The highest BCUT2D eigenvalue weighted by Crippen LogP contribution is 2.51. The lowest BCUT2D eigenvalue weighted by molar-refractivity contribution is 0.420. The molecular formula is C9H18O2P+.